The Morgan fingerprint density at radius 2 is 2.15 bits per heavy atom. The van der Waals surface area contributed by atoms with Crippen LogP contribution in [0.1, 0.15) is 23.5 Å². The van der Waals surface area contributed by atoms with Crippen LogP contribution in [0.3, 0.4) is 0 Å². The van der Waals surface area contributed by atoms with Crippen LogP contribution in [0.15, 0.2) is 11.0 Å². The molecule has 0 bridgehead atoms. The molecule has 1 aliphatic rings. The van der Waals surface area contributed by atoms with E-state index in [-0.39, 0.29) is 11.4 Å². The number of carbonyl (C=O) groups excluding carboxylic acids is 1. The lowest BCUT2D eigenvalue weighted by molar-refractivity contribution is -0.0550. The van der Waals surface area contributed by atoms with Gasteiger partial charge in [-0.05, 0) is 6.92 Å². The van der Waals surface area contributed by atoms with Gasteiger partial charge in [-0.25, -0.2) is 4.79 Å². The normalized spacial score (nSPS) is 29.6. The number of anilines is 1. The molecule has 0 aliphatic carbocycles. The number of nitrogens with zero attached hydrogens (tertiary/aromatic N) is 2. The van der Waals surface area contributed by atoms with Crippen molar-refractivity contribution in [2.24, 2.45) is 0 Å². The van der Waals surface area contributed by atoms with Gasteiger partial charge in [-0.2, -0.15) is 4.98 Å². The third kappa shape index (κ3) is 2.31. The molecule has 0 radical (unpaired) electrons. The summed E-state index contributed by atoms with van der Waals surface area (Å²) in [4.78, 5) is 26.6. The zero-order chi connectivity index (χ0) is 15.0. The Kier molecular flexibility index (Phi) is 3.86. The number of rotatable bonds is 3. The van der Waals surface area contributed by atoms with Crippen molar-refractivity contribution >= 4 is 11.6 Å². The number of ketones is 1. The lowest BCUT2D eigenvalue weighted by Gasteiger charge is -2.18. The Labute approximate surface area is 113 Å². The Morgan fingerprint density at radius 1 is 1.50 bits per heavy atom. The molecule has 0 aromatic carbocycles. The van der Waals surface area contributed by atoms with Crippen molar-refractivity contribution in [2.75, 3.05) is 12.3 Å². The predicted octanol–water partition coefficient (Wildman–Crippen LogP) is -2.36. The summed E-state index contributed by atoms with van der Waals surface area (Å²) in [5.41, 5.74) is 4.64. The monoisotopic (exact) mass is 285 g/mol. The van der Waals surface area contributed by atoms with Crippen LogP contribution in [0.2, 0.25) is 0 Å². The van der Waals surface area contributed by atoms with Gasteiger partial charge in [-0.15, -0.1) is 0 Å². The van der Waals surface area contributed by atoms with Crippen molar-refractivity contribution in [2.45, 2.75) is 31.5 Å². The molecular weight excluding hydrogens is 270 g/mol. The maximum atomic E-state index is 11.8. The van der Waals surface area contributed by atoms with Gasteiger partial charge in [0.1, 0.15) is 24.1 Å². The summed E-state index contributed by atoms with van der Waals surface area (Å²) in [6.45, 7) is 0.727. The number of aliphatic hydroxyl groups excluding tert-OH is 3. The average Bonchev–Trinajstić information content (AvgIpc) is 2.66. The number of nitrogens with two attached hydrogens (primary N) is 1. The largest absolute Gasteiger partial charge is 0.394 e. The van der Waals surface area contributed by atoms with Crippen molar-refractivity contribution < 1.29 is 24.9 Å². The van der Waals surface area contributed by atoms with Gasteiger partial charge in [0.25, 0.3) is 0 Å². The molecular formula is C11H15N3O6. The second-order valence-electron chi connectivity index (χ2n) is 4.51. The minimum Gasteiger partial charge on any atom is -0.394 e. The molecule has 0 unspecified atom stereocenters. The summed E-state index contributed by atoms with van der Waals surface area (Å²) in [5, 5.41) is 28.5. The smallest absolute Gasteiger partial charge is 0.351 e. The van der Waals surface area contributed by atoms with E-state index in [1.54, 1.807) is 0 Å². The Hall–Kier alpha value is -1.81. The molecule has 9 nitrogen and oxygen atoms in total. The summed E-state index contributed by atoms with van der Waals surface area (Å²) in [6.07, 6.45) is -3.95. The summed E-state index contributed by atoms with van der Waals surface area (Å²) in [5.74, 6) is -0.624. The third-order valence-electron chi connectivity index (χ3n) is 3.15. The number of carbonyl (C=O) groups is 1. The number of hydrogen-bond acceptors (Lipinski definition) is 8. The van der Waals surface area contributed by atoms with Crippen LogP contribution in [-0.2, 0) is 4.74 Å². The number of ether oxygens (including phenoxy) is 1. The standard InChI is InChI=1S/C11H15N3O6/c1-4(16)5-2-14(11(19)13-9(5)12)10-8(18)7(17)6(3-15)20-10/h2,6-8,10,15,17-18H,3H2,1H3,(H2,12,13,19)/t6-,7-,8-,10-/m1/s1. The molecule has 5 N–H and O–H groups in total. The molecule has 20 heavy (non-hydrogen) atoms. The summed E-state index contributed by atoms with van der Waals surface area (Å²) in [7, 11) is 0. The van der Waals surface area contributed by atoms with E-state index < -0.39 is 42.6 Å². The second-order valence-corrected chi connectivity index (χ2v) is 4.51. The average molecular weight is 285 g/mol. The topological polar surface area (TPSA) is 148 Å². The second kappa shape index (κ2) is 5.29. The first kappa shape index (κ1) is 14.6. The van der Waals surface area contributed by atoms with E-state index in [9.17, 15) is 19.8 Å². The zero-order valence-electron chi connectivity index (χ0n) is 10.6. The van der Waals surface area contributed by atoms with Crippen LogP contribution in [0.4, 0.5) is 5.82 Å². The van der Waals surface area contributed by atoms with Gasteiger partial charge in [-0.3, -0.25) is 9.36 Å². The number of nitrogen functional groups attached to an aromatic ring is 1. The summed E-state index contributed by atoms with van der Waals surface area (Å²) < 4.78 is 6.07. The maximum absolute atomic E-state index is 11.8. The van der Waals surface area contributed by atoms with Gasteiger partial charge in [0.2, 0.25) is 0 Å². The molecule has 4 atom stereocenters. The van der Waals surface area contributed by atoms with Crippen molar-refractivity contribution in [3.63, 3.8) is 0 Å². The highest BCUT2D eigenvalue weighted by Gasteiger charge is 2.44. The van der Waals surface area contributed by atoms with Crippen molar-refractivity contribution in [1.29, 1.82) is 0 Å². The van der Waals surface area contributed by atoms with Gasteiger partial charge < -0.3 is 25.8 Å². The molecule has 9 heteroatoms. The summed E-state index contributed by atoms with van der Waals surface area (Å²) in [6, 6.07) is 0. The van der Waals surface area contributed by atoms with Crippen molar-refractivity contribution in [3.8, 4) is 0 Å². The third-order valence-corrected chi connectivity index (χ3v) is 3.15. The molecule has 1 fully saturated rings. The molecule has 2 heterocycles. The molecule has 1 saturated heterocycles. The fourth-order valence-corrected chi connectivity index (χ4v) is 2.04. The highest BCUT2D eigenvalue weighted by atomic mass is 16.6. The lowest BCUT2D eigenvalue weighted by atomic mass is 10.1. The van der Waals surface area contributed by atoms with E-state index in [1.807, 2.05) is 0 Å². The highest BCUT2D eigenvalue weighted by molar-refractivity contribution is 5.97. The predicted molar refractivity (Wildman–Crippen MR) is 65.9 cm³/mol. The SMILES string of the molecule is CC(=O)c1cn([C@@H]2O[C@H](CO)[C@@H](O)[C@H]2O)c(=O)nc1N. The first-order valence-corrected chi connectivity index (χ1v) is 5.89. The van der Waals surface area contributed by atoms with Gasteiger partial charge >= 0.3 is 5.69 Å². The van der Waals surface area contributed by atoms with Crippen LogP contribution in [0, 0.1) is 0 Å². The van der Waals surface area contributed by atoms with Crippen molar-refractivity contribution in [3.05, 3.63) is 22.2 Å². The molecule has 2 rings (SSSR count). The Balaban J connectivity index is 2.46. The molecule has 110 valence electrons. The number of aliphatic hydroxyl groups is 3. The van der Waals surface area contributed by atoms with Crippen LogP contribution in [0.25, 0.3) is 0 Å². The molecule has 0 amide bonds. The van der Waals surface area contributed by atoms with Crippen LogP contribution in [-0.4, -0.2) is 55.6 Å². The molecule has 1 aromatic rings. The van der Waals surface area contributed by atoms with Crippen LogP contribution >= 0.6 is 0 Å². The van der Waals surface area contributed by atoms with E-state index in [0.717, 1.165) is 10.8 Å². The van der Waals surface area contributed by atoms with E-state index in [0.29, 0.717) is 0 Å². The van der Waals surface area contributed by atoms with Crippen LogP contribution < -0.4 is 11.4 Å². The minimum absolute atomic E-state index is 0.00217. The van der Waals surface area contributed by atoms with Gasteiger partial charge in [0.15, 0.2) is 12.0 Å². The molecule has 0 saturated carbocycles. The fourth-order valence-electron chi connectivity index (χ4n) is 2.04. The van der Waals surface area contributed by atoms with Crippen molar-refractivity contribution in [1.82, 2.24) is 9.55 Å². The van der Waals surface area contributed by atoms with Gasteiger partial charge in [0, 0.05) is 6.20 Å². The lowest BCUT2D eigenvalue weighted by Crippen LogP contribution is -2.36. The quantitative estimate of drug-likeness (QED) is 0.451. The number of hydrogen-bond donors (Lipinski definition) is 4. The van der Waals surface area contributed by atoms with E-state index >= 15 is 0 Å². The summed E-state index contributed by atoms with van der Waals surface area (Å²) >= 11 is 0. The van der Waals surface area contributed by atoms with Gasteiger partial charge in [-0.1, -0.05) is 0 Å². The maximum Gasteiger partial charge on any atom is 0.351 e. The molecule has 0 spiro atoms. The Morgan fingerprint density at radius 3 is 2.65 bits per heavy atom. The molecule has 1 aliphatic heterocycles. The van der Waals surface area contributed by atoms with E-state index in [4.69, 9.17) is 15.6 Å². The fraction of sp³-hybridized carbons (Fsp3) is 0.545. The first-order valence-electron chi connectivity index (χ1n) is 5.89. The zero-order valence-corrected chi connectivity index (χ0v) is 10.6. The number of Topliss-reactive ketones (excluding diaryl/α,β-unsaturated/α-hetero) is 1. The highest BCUT2D eigenvalue weighted by Crippen LogP contribution is 2.28. The molecule has 1 aromatic heterocycles. The van der Waals surface area contributed by atoms with E-state index in [1.165, 1.54) is 6.92 Å². The Bertz CT molecular complexity index is 586. The van der Waals surface area contributed by atoms with Gasteiger partial charge in [0.05, 0.1) is 12.2 Å². The first-order chi connectivity index (χ1) is 9.36. The minimum atomic E-state index is -1.44. The number of aromatic nitrogens is 2. The van der Waals surface area contributed by atoms with E-state index in [2.05, 4.69) is 4.98 Å². The van der Waals surface area contributed by atoms with Crippen LogP contribution in [0.5, 0.6) is 0 Å².